The molecule has 0 unspecified atom stereocenters. The highest BCUT2D eigenvalue weighted by Gasteiger charge is 2.03. The minimum Gasteiger partial charge on any atom is -0.366 e. The van der Waals surface area contributed by atoms with Crippen LogP contribution in [0, 0.1) is 0 Å². The number of nitrogens with two attached hydrogens (primary N) is 1. The Kier molecular flexibility index (Phi) is 4.52. The predicted octanol–water partition coefficient (Wildman–Crippen LogP) is 1.90. The molecule has 0 radical (unpaired) electrons. The highest BCUT2D eigenvalue weighted by molar-refractivity contribution is 7.10. The Balaban J connectivity index is 2.38. The maximum atomic E-state index is 10.8. The lowest BCUT2D eigenvalue weighted by Crippen LogP contribution is -2.12. The van der Waals surface area contributed by atoms with Crippen LogP contribution in [-0.4, -0.2) is 12.5 Å². The van der Waals surface area contributed by atoms with Crippen LogP contribution in [0.1, 0.15) is 29.1 Å². The second-order valence-electron chi connectivity index (χ2n) is 3.58. The number of carbonyl (C=O) groups is 1. The van der Waals surface area contributed by atoms with Gasteiger partial charge in [0.1, 0.15) is 0 Å². The van der Waals surface area contributed by atoms with E-state index in [1.165, 1.54) is 5.57 Å². The molecule has 1 heterocycles. The zero-order valence-corrected chi connectivity index (χ0v) is 9.86. The van der Waals surface area contributed by atoms with Gasteiger partial charge >= 0.3 is 0 Å². The van der Waals surface area contributed by atoms with Crippen LogP contribution in [0.2, 0.25) is 0 Å². The van der Waals surface area contributed by atoms with Crippen molar-refractivity contribution in [3.05, 3.63) is 33.5 Å². The van der Waals surface area contributed by atoms with Crippen LogP contribution in [0.4, 0.5) is 0 Å². The van der Waals surface area contributed by atoms with Gasteiger partial charge in [0, 0.05) is 23.3 Å². The molecule has 0 fully saturated rings. The Morgan fingerprint density at radius 1 is 1.60 bits per heavy atom. The lowest BCUT2D eigenvalue weighted by atomic mass is 10.3. The molecule has 1 aromatic heterocycles. The summed E-state index contributed by atoms with van der Waals surface area (Å²) in [6, 6.07) is 1.84. The highest BCUT2D eigenvalue weighted by Crippen LogP contribution is 2.13. The molecular weight excluding hydrogens is 208 g/mol. The van der Waals surface area contributed by atoms with E-state index < -0.39 is 0 Å². The number of rotatable bonds is 5. The van der Waals surface area contributed by atoms with E-state index >= 15 is 0 Å². The van der Waals surface area contributed by atoms with Crippen molar-refractivity contribution in [1.29, 1.82) is 0 Å². The van der Waals surface area contributed by atoms with E-state index in [2.05, 4.69) is 25.2 Å². The molecule has 1 aromatic rings. The predicted molar refractivity (Wildman–Crippen MR) is 64.0 cm³/mol. The third-order valence-corrected chi connectivity index (χ3v) is 2.83. The van der Waals surface area contributed by atoms with Gasteiger partial charge in [0.25, 0.3) is 0 Å². The summed E-state index contributed by atoms with van der Waals surface area (Å²) in [5.41, 5.74) is 7.05. The molecule has 15 heavy (non-hydrogen) atoms. The number of amides is 1. The van der Waals surface area contributed by atoms with Crippen LogP contribution in [0.15, 0.2) is 23.1 Å². The zero-order valence-electron chi connectivity index (χ0n) is 9.04. The third-order valence-electron chi connectivity index (χ3n) is 1.89. The normalized spacial score (nSPS) is 10.0. The second kappa shape index (κ2) is 5.68. The molecule has 0 atom stereocenters. The van der Waals surface area contributed by atoms with Crippen LogP contribution >= 0.6 is 11.3 Å². The molecule has 0 saturated heterocycles. The molecule has 4 heteroatoms. The van der Waals surface area contributed by atoms with E-state index in [1.807, 2.05) is 6.07 Å². The minimum atomic E-state index is -0.359. The summed E-state index contributed by atoms with van der Waals surface area (Å²) in [6.45, 7) is 5.77. The molecule has 0 aliphatic rings. The number of nitrogens with one attached hydrogen (secondary N) is 1. The molecule has 0 aliphatic carbocycles. The molecule has 0 bridgehead atoms. The van der Waals surface area contributed by atoms with E-state index in [0.717, 1.165) is 18.0 Å². The maximum Gasteiger partial charge on any atom is 0.249 e. The minimum absolute atomic E-state index is 0.359. The lowest BCUT2D eigenvalue weighted by molar-refractivity contribution is 0.100. The van der Waals surface area contributed by atoms with Gasteiger partial charge in [-0.25, -0.2) is 0 Å². The standard InChI is InChI=1S/C11H16N2OS/c1-8(2)3-4-13-6-10-5-9(7-15-10)11(12)14/h3,5,7,13H,4,6H2,1-2H3,(H2,12,14). The molecule has 0 saturated carbocycles. The molecular formula is C11H16N2OS. The summed E-state index contributed by atoms with van der Waals surface area (Å²) in [5, 5.41) is 5.06. The van der Waals surface area contributed by atoms with Crippen LogP contribution in [0.5, 0.6) is 0 Å². The van der Waals surface area contributed by atoms with E-state index in [-0.39, 0.29) is 5.91 Å². The number of hydrogen-bond donors (Lipinski definition) is 2. The summed E-state index contributed by atoms with van der Waals surface area (Å²) in [5.74, 6) is -0.359. The topological polar surface area (TPSA) is 55.1 Å². The van der Waals surface area contributed by atoms with Gasteiger partial charge in [-0.2, -0.15) is 0 Å². The Hall–Kier alpha value is -1.13. The first-order valence-corrected chi connectivity index (χ1v) is 5.69. The summed E-state index contributed by atoms with van der Waals surface area (Å²) in [6.07, 6.45) is 2.13. The average molecular weight is 224 g/mol. The Morgan fingerprint density at radius 2 is 2.33 bits per heavy atom. The fraction of sp³-hybridized carbons (Fsp3) is 0.364. The number of carbonyl (C=O) groups excluding carboxylic acids is 1. The molecule has 0 aromatic carbocycles. The number of hydrogen-bond acceptors (Lipinski definition) is 3. The van der Waals surface area contributed by atoms with Crippen molar-refractivity contribution in [1.82, 2.24) is 5.32 Å². The number of allylic oxidation sites excluding steroid dienone is 1. The van der Waals surface area contributed by atoms with Crippen molar-refractivity contribution in [2.75, 3.05) is 6.54 Å². The summed E-state index contributed by atoms with van der Waals surface area (Å²) in [7, 11) is 0. The van der Waals surface area contributed by atoms with Crippen LogP contribution in [-0.2, 0) is 6.54 Å². The van der Waals surface area contributed by atoms with E-state index in [9.17, 15) is 4.79 Å². The molecule has 1 amide bonds. The van der Waals surface area contributed by atoms with Crippen LogP contribution in [0.3, 0.4) is 0 Å². The summed E-state index contributed by atoms with van der Waals surface area (Å²) < 4.78 is 0. The smallest absolute Gasteiger partial charge is 0.249 e. The fourth-order valence-electron chi connectivity index (χ4n) is 1.07. The van der Waals surface area contributed by atoms with Gasteiger partial charge < -0.3 is 11.1 Å². The van der Waals surface area contributed by atoms with E-state index in [0.29, 0.717) is 5.56 Å². The molecule has 3 nitrogen and oxygen atoms in total. The Morgan fingerprint density at radius 3 is 2.87 bits per heavy atom. The zero-order chi connectivity index (χ0) is 11.3. The van der Waals surface area contributed by atoms with Crippen LogP contribution < -0.4 is 11.1 Å². The van der Waals surface area contributed by atoms with Crippen molar-refractivity contribution in [2.24, 2.45) is 5.73 Å². The van der Waals surface area contributed by atoms with Crippen molar-refractivity contribution < 1.29 is 4.79 Å². The first kappa shape index (κ1) is 11.9. The highest BCUT2D eigenvalue weighted by atomic mass is 32.1. The van der Waals surface area contributed by atoms with Crippen molar-refractivity contribution in [2.45, 2.75) is 20.4 Å². The number of thiophene rings is 1. The first-order valence-electron chi connectivity index (χ1n) is 4.81. The van der Waals surface area contributed by atoms with Gasteiger partial charge in [0.05, 0.1) is 5.56 Å². The molecule has 0 aliphatic heterocycles. The van der Waals surface area contributed by atoms with Crippen molar-refractivity contribution in [3.63, 3.8) is 0 Å². The van der Waals surface area contributed by atoms with Gasteiger partial charge in [-0.1, -0.05) is 11.6 Å². The average Bonchev–Trinajstić information content (AvgIpc) is 2.60. The van der Waals surface area contributed by atoms with Gasteiger partial charge in [0.15, 0.2) is 0 Å². The SMILES string of the molecule is CC(C)=CCNCc1cc(C(N)=O)cs1. The molecule has 3 N–H and O–H groups in total. The van der Waals surface area contributed by atoms with Gasteiger partial charge in [-0.3, -0.25) is 4.79 Å². The monoisotopic (exact) mass is 224 g/mol. The summed E-state index contributed by atoms with van der Waals surface area (Å²) in [4.78, 5) is 12.0. The van der Waals surface area contributed by atoms with Gasteiger partial charge in [-0.15, -0.1) is 11.3 Å². The Bertz CT molecular complexity index is 364. The van der Waals surface area contributed by atoms with E-state index in [4.69, 9.17) is 5.73 Å². The fourth-order valence-corrected chi connectivity index (χ4v) is 1.92. The van der Waals surface area contributed by atoms with Crippen LogP contribution in [0.25, 0.3) is 0 Å². The quantitative estimate of drug-likeness (QED) is 0.593. The largest absolute Gasteiger partial charge is 0.366 e. The van der Waals surface area contributed by atoms with Gasteiger partial charge in [0.2, 0.25) is 5.91 Å². The summed E-state index contributed by atoms with van der Waals surface area (Å²) >= 11 is 1.55. The third kappa shape index (κ3) is 4.27. The first-order chi connectivity index (χ1) is 7.09. The maximum absolute atomic E-state index is 10.8. The van der Waals surface area contributed by atoms with Crippen molar-refractivity contribution in [3.8, 4) is 0 Å². The number of primary amides is 1. The van der Waals surface area contributed by atoms with Gasteiger partial charge in [-0.05, 0) is 19.9 Å². The lowest BCUT2D eigenvalue weighted by Gasteiger charge is -1.98. The molecule has 82 valence electrons. The Labute approximate surface area is 94.0 Å². The van der Waals surface area contributed by atoms with Crippen molar-refractivity contribution >= 4 is 17.2 Å². The molecule has 0 spiro atoms. The second-order valence-corrected chi connectivity index (χ2v) is 4.57. The van der Waals surface area contributed by atoms with E-state index in [1.54, 1.807) is 16.7 Å². The molecule has 1 rings (SSSR count).